The summed E-state index contributed by atoms with van der Waals surface area (Å²) in [7, 11) is 0. The summed E-state index contributed by atoms with van der Waals surface area (Å²) in [5, 5.41) is 4.48. The van der Waals surface area contributed by atoms with Crippen molar-refractivity contribution in [3.05, 3.63) is 54.6 Å². The minimum atomic E-state index is 0. The van der Waals surface area contributed by atoms with Gasteiger partial charge in [0.2, 0.25) is 0 Å². The van der Waals surface area contributed by atoms with Gasteiger partial charge in [-0.3, -0.25) is 0 Å². The molecule has 7 heteroatoms. The molecule has 0 saturated carbocycles. The molecular formula is C22H26Cl2N4O. The Kier molecular flexibility index (Phi) is 8.26. The summed E-state index contributed by atoms with van der Waals surface area (Å²) in [5.74, 6) is 1.46. The van der Waals surface area contributed by atoms with Crippen LogP contribution in [0.5, 0.6) is 0 Å². The summed E-state index contributed by atoms with van der Waals surface area (Å²) >= 11 is 0. The van der Waals surface area contributed by atoms with Gasteiger partial charge in [-0.1, -0.05) is 56.3 Å². The van der Waals surface area contributed by atoms with Crippen LogP contribution in [0.25, 0.3) is 33.5 Å². The lowest BCUT2D eigenvalue weighted by molar-refractivity contribution is 0.316. The van der Waals surface area contributed by atoms with Crippen molar-refractivity contribution in [2.24, 2.45) is 0 Å². The Hall–Kier alpha value is -2.34. The molecule has 0 amide bonds. The first-order valence-corrected chi connectivity index (χ1v) is 9.51. The number of nitrogens with zero attached hydrogens (tertiary/aromatic N) is 3. The van der Waals surface area contributed by atoms with Gasteiger partial charge in [0.25, 0.3) is 0 Å². The first-order valence-electron chi connectivity index (χ1n) is 9.51. The monoisotopic (exact) mass is 432 g/mol. The van der Waals surface area contributed by atoms with E-state index in [9.17, 15) is 0 Å². The Bertz CT molecular complexity index is 1050. The minimum absolute atomic E-state index is 0. The van der Waals surface area contributed by atoms with Crippen LogP contribution in [0.4, 0.5) is 5.82 Å². The van der Waals surface area contributed by atoms with Gasteiger partial charge in [-0.05, 0) is 25.2 Å². The van der Waals surface area contributed by atoms with Crippen molar-refractivity contribution in [2.45, 2.75) is 13.8 Å². The smallest absolute Gasteiger partial charge is 0.196 e. The predicted molar refractivity (Wildman–Crippen MR) is 126 cm³/mol. The quantitative estimate of drug-likeness (QED) is 0.409. The molecular weight excluding hydrogens is 407 g/mol. The Balaban J connectivity index is 0.00000150. The molecule has 0 aliphatic rings. The highest BCUT2D eigenvalue weighted by Crippen LogP contribution is 2.32. The number of nitrogens with one attached hydrogen (secondary N) is 1. The lowest BCUT2D eigenvalue weighted by Crippen LogP contribution is -2.28. The third kappa shape index (κ3) is 4.81. The van der Waals surface area contributed by atoms with Crippen LogP contribution in [-0.2, 0) is 0 Å². The SMILES string of the molecule is CCN(CC)CCNc1nc(-c2ccccc2)nc2c1oc1ccccc12.Cl.Cl. The molecule has 0 radical (unpaired) electrons. The number of likely N-dealkylation sites (N-methyl/N-ethyl adjacent to an activating group) is 1. The van der Waals surface area contributed by atoms with Crippen molar-refractivity contribution < 1.29 is 4.42 Å². The van der Waals surface area contributed by atoms with E-state index in [1.807, 2.05) is 54.6 Å². The van der Waals surface area contributed by atoms with Gasteiger partial charge in [0.1, 0.15) is 11.1 Å². The van der Waals surface area contributed by atoms with E-state index in [1.165, 1.54) is 0 Å². The summed E-state index contributed by atoms with van der Waals surface area (Å²) in [6.07, 6.45) is 0. The van der Waals surface area contributed by atoms with Crippen LogP contribution in [0, 0.1) is 0 Å². The van der Waals surface area contributed by atoms with Gasteiger partial charge in [0.15, 0.2) is 17.2 Å². The van der Waals surface area contributed by atoms with E-state index in [4.69, 9.17) is 14.4 Å². The molecule has 0 atom stereocenters. The summed E-state index contributed by atoms with van der Waals surface area (Å²) < 4.78 is 6.08. The zero-order valence-corrected chi connectivity index (χ0v) is 18.2. The van der Waals surface area contributed by atoms with Gasteiger partial charge in [0, 0.05) is 24.0 Å². The van der Waals surface area contributed by atoms with Gasteiger partial charge in [-0.25, -0.2) is 9.97 Å². The molecule has 4 rings (SSSR count). The van der Waals surface area contributed by atoms with Crippen molar-refractivity contribution in [3.8, 4) is 11.4 Å². The zero-order valence-electron chi connectivity index (χ0n) is 16.6. The van der Waals surface area contributed by atoms with Crippen LogP contribution in [0.2, 0.25) is 0 Å². The molecule has 2 aromatic heterocycles. The molecule has 0 bridgehead atoms. The van der Waals surface area contributed by atoms with Gasteiger partial charge < -0.3 is 14.6 Å². The fourth-order valence-electron chi connectivity index (χ4n) is 3.30. The van der Waals surface area contributed by atoms with Gasteiger partial charge in [-0.15, -0.1) is 24.8 Å². The summed E-state index contributed by atoms with van der Waals surface area (Å²) in [5.41, 5.74) is 3.40. The maximum Gasteiger partial charge on any atom is 0.196 e. The number of hydrogen-bond donors (Lipinski definition) is 1. The van der Waals surface area contributed by atoms with Crippen LogP contribution < -0.4 is 5.32 Å². The maximum atomic E-state index is 6.08. The molecule has 2 heterocycles. The summed E-state index contributed by atoms with van der Waals surface area (Å²) in [4.78, 5) is 12.0. The van der Waals surface area contributed by atoms with Crippen molar-refractivity contribution in [1.29, 1.82) is 0 Å². The van der Waals surface area contributed by atoms with Crippen LogP contribution in [0.15, 0.2) is 59.0 Å². The number of fused-ring (bicyclic) bond motifs is 3. The number of rotatable bonds is 7. The number of furan rings is 1. The van der Waals surface area contributed by atoms with Gasteiger partial charge in [0.05, 0.1) is 0 Å². The Labute approximate surface area is 183 Å². The number of halogens is 2. The normalized spacial score (nSPS) is 10.7. The highest BCUT2D eigenvalue weighted by Gasteiger charge is 2.16. The molecule has 0 unspecified atom stereocenters. The number of para-hydroxylation sites is 1. The van der Waals surface area contributed by atoms with Crippen LogP contribution >= 0.6 is 24.8 Å². The Morgan fingerprint density at radius 1 is 0.897 bits per heavy atom. The van der Waals surface area contributed by atoms with Crippen LogP contribution in [-0.4, -0.2) is 41.0 Å². The molecule has 154 valence electrons. The van der Waals surface area contributed by atoms with E-state index in [-0.39, 0.29) is 24.8 Å². The second-order valence-electron chi connectivity index (χ2n) is 6.49. The lowest BCUT2D eigenvalue weighted by atomic mass is 10.2. The second kappa shape index (κ2) is 10.4. The fraction of sp³-hybridized carbons (Fsp3) is 0.273. The van der Waals surface area contributed by atoms with E-state index in [2.05, 4.69) is 24.1 Å². The van der Waals surface area contributed by atoms with Gasteiger partial charge in [-0.2, -0.15) is 0 Å². The highest BCUT2D eigenvalue weighted by molar-refractivity contribution is 6.06. The topological polar surface area (TPSA) is 54.2 Å². The number of hydrogen-bond acceptors (Lipinski definition) is 5. The molecule has 0 spiro atoms. The molecule has 0 fully saturated rings. The first-order chi connectivity index (χ1) is 13.3. The van der Waals surface area contributed by atoms with E-state index < -0.39 is 0 Å². The zero-order chi connectivity index (χ0) is 18.6. The second-order valence-corrected chi connectivity index (χ2v) is 6.49. The molecule has 1 N–H and O–H groups in total. The molecule has 4 aromatic rings. The minimum Gasteiger partial charge on any atom is -0.450 e. The molecule has 0 aliphatic carbocycles. The molecule has 2 aromatic carbocycles. The average molecular weight is 433 g/mol. The summed E-state index contributed by atoms with van der Waals surface area (Å²) in [6.45, 7) is 8.20. The van der Waals surface area contributed by atoms with Gasteiger partial charge >= 0.3 is 0 Å². The van der Waals surface area contributed by atoms with E-state index in [0.717, 1.165) is 59.6 Å². The van der Waals surface area contributed by atoms with E-state index in [1.54, 1.807) is 0 Å². The predicted octanol–water partition coefficient (Wildman–Crippen LogP) is 5.64. The average Bonchev–Trinajstić information content (AvgIpc) is 3.11. The third-order valence-electron chi connectivity index (χ3n) is 4.87. The van der Waals surface area contributed by atoms with Crippen LogP contribution in [0.3, 0.4) is 0 Å². The molecule has 0 aliphatic heterocycles. The number of anilines is 1. The maximum absolute atomic E-state index is 6.08. The summed E-state index contributed by atoms with van der Waals surface area (Å²) in [6, 6.07) is 18.1. The number of benzene rings is 2. The van der Waals surface area contributed by atoms with E-state index in [0.29, 0.717) is 5.82 Å². The molecule has 5 nitrogen and oxygen atoms in total. The van der Waals surface area contributed by atoms with Crippen molar-refractivity contribution in [2.75, 3.05) is 31.5 Å². The first kappa shape index (κ1) is 22.9. The molecule has 0 saturated heterocycles. The lowest BCUT2D eigenvalue weighted by Gasteiger charge is -2.18. The Morgan fingerprint density at radius 3 is 2.31 bits per heavy atom. The third-order valence-corrected chi connectivity index (χ3v) is 4.87. The standard InChI is InChI=1S/C22H24N4O.2ClH/c1-3-26(4-2)15-14-23-22-20-19(17-12-8-9-13-18(17)27-20)24-21(25-22)16-10-6-5-7-11-16;;/h5-13H,3-4,14-15H2,1-2H3,(H,23,24,25);2*1H. The highest BCUT2D eigenvalue weighted by atomic mass is 35.5. The fourth-order valence-corrected chi connectivity index (χ4v) is 3.30. The Morgan fingerprint density at radius 2 is 1.59 bits per heavy atom. The van der Waals surface area contributed by atoms with Crippen molar-refractivity contribution >= 4 is 52.7 Å². The van der Waals surface area contributed by atoms with Crippen molar-refractivity contribution in [1.82, 2.24) is 14.9 Å². The van der Waals surface area contributed by atoms with Crippen LogP contribution in [0.1, 0.15) is 13.8 Å². The number of aromatic nitrogens is 2. The molecule has 29 heavy (non-hydrogen) atoms. The largest absolute Gasteiger partial charge is 0.450 e. The van der Waals surface area contributed by atoms with E-state index >= 15 is 0 Å². The van der Waals surface area contributed by atoms with Crippen molar-refractivity contribution in [3.63, 3.8) is 0 Å².